The van der Waals surface area contributed by atoms with Crippen LogP contribution in [0.4, 0.5) is 0 Å². The summed E-state index contributed by atoms with van der Waals surface area (Å²) >= 11 is -5.17. The van der Waals surface area contributed by atoms with Crippen molar-refractivity contribution in [3.8, 4) is 22.3 Å². The van der Waals surface area contributed by atoms with E-state index in [4.69, 9.17) is 17.0 Å². The van der Waals surface area contributed by atoms with Crippen LogP contribution in [0.25, 0.3) is 45.6 Å². The van der Waals surface area contributed by atoms with Gasteiger partial charge in [0.2, 0.25) is 0 Å². The number of hydrogen-bond donors (Lipinski definition) is 0. The molecule has 6 aromatic carbocycles. The van der Waals surface area contributed by atoms with Gasteiger partial charge in [0, 0.05) is 0 Å². The van der Waals surface area contributed by atoms with Crippen molar-refractivity contribution in [1.29, 1.82) is 0 Å². The number of halogens is 2. The molecule has 4 heteroatoms. The quantitative estimate of drug-likeness (QED) is 0.114. The van der Waals surface area contributed by atoms with Crippen LogP contribution in [0, 0.1) is 0 Å². The molecule has 6 aromatic rings. The first-order valence-electron chi connectivity index (χ1n) is 19.8. The van der Waals surface area contributed by atoms with E-state index in [0.717, 1.165) is 25.7 Å². The first kappa shape index (κ1) is 37.4. The molecular formula is C50H49Cl2SiZr. The van der Waals surface area contributed by atoms with Gasteiger partial charge in [0.1, 0.15) is 0 Å². The fourth-order valence-electron chi connectivity index (χ4n) is 9.37. The molecule has 2 aliphatic carbocycles. The van der Waals surface area contributed by atoms with Gasteiger partial charge in [-0.05, 0) is 0 Å². The molecule has 0 N–H and O–H groups in total. The van der Waals surface area contributed by atoms with Gasteiger partial charge in [-0.15, -0.1) is 0 Å². The third-order valence-corrected chi connectivity index (χ3v) is 63.7. The molecule has 271 valence electrons. The number of rotatable bonds is 11. The minimum absolute atomic E-state index is 0.0711. The Morgan fingerprint density at radius 2 is 0.852 bits per heavy atom. The van der Waals surface area contributed by atoms with Gasteiger partial charge in [-0.3, -0.25) is 0 Å². The Kier molecular flexibility index (Phi) is 10.5. The van der Waals surface area contributed by atoms with Gasteiger partial charge in [-0.2, -0.15) is 0 Å². The summed E-state index contributed by atoms with van der Waals surface area (Å²) in [5, 5.41) is 0. The van der Waals surface area contributed by atoms with E-state index in [1.54, 1.807) is 0 Å². The van der Waals surface area contributed by atoms with Gasteiger partial charge < -0.3 is 0 Å². The first-order valence-corrected chi connectivity index (χ1v) is 36.1. The van der Waals surface area contributed by atoms with E-state index >= 15 is 0 Å². The average molecular weight is 840 g/mol. The molecule has 0 spiro atoms. The Balaban J connectivity index is 1.37. The Bertz CT molecular complexity index is 2190. The summed E-state index contributed by atoms with van der Waals surface area (Å²) in [6, 6.07) is 54.0. The summed E-state index contributed by atoms with van der Waals surface area (Å²) in [5.74, 6) is -1.81. The van der Waals surface area contributed by atoms with E-state index in [1.807, 2.05) is 0 Å². The summed E-state index contributed by atoms with van der Waals surface area (Å²) in [6.07, 6.45) is 9.37. The van der Waals surface area contributed by atoms with E-state index in [0.29, 0.717) is 0 Å². The van der Waals surface area contributed by atoms with Crippen LogP contribution in [0.2, 0.25) is 13.1 Å². The molecule has 2 unspecified atom stereocenters. The normalized spacial score (nSPS) is 17.1. The fourth-order valence-corrected chi connectivity index (χ4v) is 39.5. The van der Waals surface area contributed by atoms with Crippen molar-refractivity contribution >= 4 is 46.2 Å². The summed E-state index contributed by atoms with van der Waals surface area (Å²) in [4.78, 5) is 0. The van der Waals surface area contributed by atoms with Crippen LogP contribution in [0.15, 0.2) is 146 Å². The van der Waals surface area contributed by atoms with Crippen molar-refractivity contribution in [3.05, 3.63) is 190 Å². The molecule has 0 amide bonds. The second kappa shape index (κ2) is 15.2. The zero-order valence-electron chi connectivity index (χ0n) is 31.8. The van der Waals surface area contributed by atoms with Crippen molar-refractivity contribution in [3.63, 3.8) is 0 Å². The van der Waals surface area contributed by atoms with Crippen LogP contribution >= 0.6 is 17.0 Å². The molecular weight excluding hydrogens is 791 g/mol. The zero-order chi connectivity index (χ0) is 37.5. The second-order valence-corrected chi connectivity index (χ2v) is 58.2. The molecule has 0 nitrogen and oxygen atoms in total. The van der Waals surface area contributed by atoms with Crippen molar-refractivity contribution in [2.75, 3.05) is 0 Å². The Labute approximate surface area is 331 Å². The molecule has 2 atom stereocenters. The number of allylic oxidation sites excluding steroid dienone is 2. The molecule has 2 aliphatic rings. The van der Waals surface area contributed by atoms with Crippen molar-refractivity contribution < 1.29 is 15.6 Å². The third kappa shape index (κ3) is 6.42. The molecule has 0 aromatic heterocycles. The Morgan fingerprint density at radius 1 is 0.463 bits per heavy atom. The third-order valence-electron chi connectivity index (χ3n) is 12.2. The van der Waals surface area contributed by atoms with Gasteiger partial charge in [0.25, 0.3) is 0 Å². The molecule has 0 saturated heterocycles. The average Bonchev–Trinajstić information content (AvgIpc) is 3.81. The number of fused-ring (bicyclic) bond motifs is 2. The SMILES string of the molecule is CCCc1ccc(-c2cccc3c2C=C(c2ccccc2)[CH]3[Zr]([Cl])([Cl])([CH]2C(c3ccccc3)=Cc3c(-c4ccc(CCC)cc4)cccc32)[SiH](C)C)cc1. The van der Waals surface area contributed by atoms with Crippen molar-refractivity contribution in [2.45, 2.75) is 59.9 Å². The van der Waals surface area contributed by atoms with Crippen LogP contribution in [-0.2, 0) is 28.4 Å². The van der Waals surface area contributed by atoms with Gasteiger partial charge in [0.15, 0.2) is 0 Å². The predicted molar refractivity (Wildman–Crippen MR) is 236 cm³/mol. The minimum atomic E-state index is -5.17. The fraction of sp³-hybridized carbons (Fsp3) is 0.200. The molecule has 8 rings (SSSR count). The van der Waals surface area contributed by atoms with E-state index in [1.165, 1.54) is 77.9 Å². The summed E-state index contributed by atoms with van der Waals surface area (Å²) in [6.45, 7) is 9.37. The molecule has 0 aliphatic heterocycles. The Hall–Kier alpha value is -3.52. The second-order valence-electron chi connectivity index (χ2n) is 15.7. The molecule has 0 saturated carbocycles. The van der Waals surface area contributed by atoms with Crippen LogP contribution in [-0.4, -0.2) is 5.92 Å². The van der Waals surface area contributed by atoms with Crippen LogP contribution in [0.3, 0.4) is 0 Å². The molecule has 0 fully saturated rings. The van der Waals surface area contributed by atoms with E-state index in [-0.39, 0.29) is 7.25 Å². The van der Waals surface area contributed by atoms with Gasteiger partial charge >= 0.3 is 334 Å². The van der Waals surface area contributed by atoms with Crippen molar-refractivity contribution in [1.82, 2.24) is 0 Å². The standard InChI is InChI=1S/2C24H21.C2H7Si.2ClH.Zr/c2*1-2-7-18-12-14-20(15-13-18)23-11-6-10-21-16-22(17-24(21)23)19-8-4-3-5-9-19;1-3-2;;;/h2*3-6,8-17H,2,7H2,1H3;3H,1-2H3;2*1H;/q;;;;;+2/p-2. The van der Waals surface area contributed by atoms with Gasteiger partial charge in [-0.25, -0.2) is 0 Å². The molecule has 0 heterocycles. The monoisotopic (exact) mass is 837 g/mol. The van der Waals surface area contributed by atoms with Crippen LogP contribution in [0.1, 0.15) is 78.4 Å². The zero-order valence-corrected chi connectivity index (χ0v) is 37.0. The number of benzene rings is 6. The summed E-state index contributed by atoms with van der Waals surface area (Å²) in [5.41, 5.74) is 17.8. The maximum absolute atomic E-state index is 8.95. The van der Waals surface area contributed by atoms with E-state index in [9.17, 15) is 0 Å². The predicted octanol–water partition coefficient (Wildman–Crippen LogP) is 14.8. The van der Waals surface area contributed by atoms with E-state index in [2.05, 4.69) is 185 Å². The first-order chi connectivity index (χ1) is 26.2. The van der Waals surface area contributed by atoms with Crippen molar-refractivity contribution in [2.24, 2.45) is 0 Å². The topological polar surface area (TPSA) is 0 Å². The van der Waals surface area contributed by atoms with Gasteiger partial charge in [0.05, 0.1) is 0 Å². The molecule has 54 heavy (non-hydrogen) atoms. The van der Waals surface area contributed by atoms with Gasteiger partial charge in [-0.1, -0.05) is 0 Å². The summed E-state index contributed by atoms with van der Waals surface area (Å²) < 4.78 is -0.142. The van der Waals surface area contributed by atoms with Crippen LogP contribution in [0.5, 0.6) is 0 Å². The van der Waals surface area contributed by atoms with E-state index < -0.39 is 21.5 Å². The van der Waals surface area contributed by atoms with Crippen LogP contribution < -0.4 is 0 Å². The Morgan fingerprint density at radius 3 is 1.20 bits per heavy atom. The summed E-state index contributed by atoms with van der Waals surface area (Å²) in [7, 11) is 17.9. The molecule has 0 bridgehead atoms. The maximum atomic E-state index is 8.95. The number of aryl methyl sites for hydroxylation is 2. The number of hydrogen-bond acceptors (Lipinski definition) is 0. The molecule has 0 radical (unpaired) electrons.